The molecule has 0 aliphatic carbocycles. The molecule has 0 spiro atoms. The number of hydrogen-bond donors (Lipinski definition) is 1. The van der Waals surface area contributed by atoms with E-state index in [1.807, 2.05) is 0 Å². The second-order valence-corrected chi connectivity index (χ2v) is 5.57. The number of carbonyl (C=O) groups is 1. The van der Waals surface area contributed by atoms with Crippen molar-refractivity contribution in [1.29, 1.82) is 0 Å². The monoisotopic (exact) mass is 329 g/mol. The molecule has 0 saturated carbocycles. The third-order valence-electron chi connectivity index (χ3n) is 2.87. The predicted octanol–water partition coefficient (Wildman–Crippen LogP) is 2.53. The average Bonchev–Trinajstić information content (AvgIpc) is 3.09. The van der Waals surface area contributed by atoms with Crippen LogP contribution < -0.4 is 5.32 Å². The van der Waals surface area contributed by atoms with E-state index >= 15 is 0 Å². The van der Waals surface area contributed by atoms with Gasteiger partial charge in [0.2, 0.25) is 5.91 Å². The number of halogens is 1. The maximum Gasteiger partial charge on any atom is 0.235 e. The number of imidazole rings is 1. The number of thioether (sulfide) groups is 1. The summed E-state index contributed by atoms with van der Waals surface area (Å²) in [6.45, 7) is 0. The molecule has 3 rings (SSSR count). The highest BCUT2D eigenvalue weighted by Crippen LogP contribution is 2.18. The predicted molar refractivity (Wildman–Crippen MR) is 84.9 cm³/mol. The quantitative estimate of drug-likeness (QED) is 0.728. The number of hydrogen-bond acceptors (Lipinski definition) is 5. The van der Waals surface area contributed by atoms with Gasteiger partial charge in [0.05, 0.1) is 5.75 Å². The smallest absolute Gasteiger partial charge is 0.235 e. The maximum atomic E-state index is 12.8. The van der Waals surface area contributed by atoms with Gasteiger partial charge in [0, 0.05) is 23.4 Å². The van der Waals surface area contributed by atoms with Gasteiger partial charge in [0.1, 0.15) is 30.1 Å². The van der Waals surface area contributed by atoms with Crippen LogP contribution in [0.4, 0.5) is 10.2 Å². The maximum absolute atomic E-state index is 12.8. The molecule has 1 aromatic carbocycles. The topological polar surface area (TPSA) is 72.7 Å². The Kier molecular flexibility index (Phi) is 4.62. The third kappa shape index (κ3) is 4.13. The van der Waals surface area contributed by atoms with Crippen LogP contribution >= 0.6 is 11.8 Å². The lowest BCUT2D eigenvalue weighted by atomic mass is 10.4. The highest BCUT2D eigenvalue weighted by molar-refractivity contribution is 8.00. The fourth-order valence-electron chi connectivity index (χ4n) is 1.81. The Balaban J connectivity index is 1.59. The molecular weight excluding hydrogens is 317 g/mol. The number of carbonyl (C=O) groups excluding carboxylic acids is 1. The van der Waals surface area contributed by atoms with Crippen LogP contribution in [0.15, 0.2) is 60.3 Å². The third-order valence-corrected chi connectivity index (χ3v) is 3.88. The number of rotatable bonds is 5. The van der Waals surface area contributed by atoms with Crippen LogP contribution in [0.3, 0.4) is 0 Å². The molecule has 0 unspecified atom stereocenters. The van der Waals surface area contributed by atoms with Crippen LogP contribution in [-0.2, 0) is 4.79 Å². The Morgan fingerprint density at radius 2 is 2.09 bits per heavy atom. The van der Waals surface area contributed by atoms with Crippen LogP contribution in [0.5, 0.6) is 0 Å². The van der Waals surface area contributed by atoms with Crippen molar-refractivity contribution in [2.75, 3.05) is 11.1 Å². The van der Waals surface area contributed by atoms with E-state index in [-0.39, 0.29) is 17.5 Å². The Morgan fingerprint density at radius 1 is 1.26 bits per heavy atom. The molecule has 23 heavy (non-hydrogen) atoms. The van der Waals surface area contributed by atoms with Gasteiger partial charge in [-0.15, -0.1) is 11.8 Å². The summed E-state index contributed by atoms with van der Waals surface area (Å²) in [5.41, 5.74) is 0. The van der Waals surface area contributed by atoms with Gasteiger partial charge in [-0.2, -0.15) is 0 Å². The van der Waals surface area contributed by atoms with E-state index in [0.717, 1.165) is 4.90 Å². The molecule has 116 valence electrons. The summed E-state index contributed by atoms with van der Waals surface area (Å²) >= 11 is 1.32. The normalized spacial score (nSPS) is 10.5. The number of amides is 1. The first kappa shape index (κ1) is 15.2. The van der Waals surface area contributed by atoms with Crippen molar-refractivity contribution in [3.8, 4) is 5.82 Å². The first-order valence-corrected chi connectivity index (χ1v) is 7.68. The minimum absolute atomic E-state index is 0.199. The summed E-state index contributed by atoms with van der Waals surface area (Å²) in [6.07, 6.45) is 6.37. The summed E-state index contributed by atoms with van der Waals surface area (Å²) in [7, 11) is 0. The van der Waals surface area contributed by atoms with Gasteiger partial charge < -0.3 is 5.32 Å². The molecule has 0 fully saturated rings. The molecule has 6 nitrogen and oxygen atoms in total. The second kappa shape index (κ2) is 7.01. The van der Waals surface area contributed by atoms with Gasteiger partial charge in [0.15, 0.2) is 0 Å². The van der Waals surface area contributed by atoms with Crippen molar-refractivity contribution in [1.82, 2.24) is 19.5 Å². The van der Waals surface area contributed by atoms with Gasteiger partial charge >= 0.3 is 0 Å². The minimum atomic E-state index is -0.299. The van der Waals surface area contributed by atoms with Crippen molar-refractivity contribution in [3.05, 3.63) is 61.2 Å². The van der Waals surface area contributed by atoms with Crippen LogP contribution in [0.2, 0.25) is 0 Å². The summed E-state index contributed by atoms with van der Waals surface area (Å²) in [4.78, 5) is 24.9. The van der Waals surface area contributed by atoms with Gasteiger partial charge in [0.25, 0.3) is 0 Å². The molecule has 1 amide bonds. The number of anilines is 1. The van der Waals surface area contributed by atoms with Gasteiger partial charge in [-0.05, 0) is 24.3 Å². The zero-order valence-corrected chi connectivity index (χ0v) is 12.7. The van der Waals surface area contributed by atoms with Crippen LogP contribution in [0.25, 0.3) is 5.82 Å². The van der Waals surface area contributed by atoms with E-state index in [4.69, 9.17) is 0 Å². The summed E-state index contributed by atoms with van der Waals surface area (Å²) in [5, 5.41) is 2.71. The Bertz CT molecular complexity index is 792. The number of nitrogens with zero attached hydrogens (tertiary/aromatic N) is 4. The molecule has 3 aromatic rings. The fourth-order valence-corrected chi connectivity index (χ4v) is 2.51. The average molecular weight is 329 g/mol. The molecule has 2 heterocycles. The van der Waals surface area contributed by atoms with Crippen LogP contribution in [-0.4, -0.2) is 31.2 Å². The molecule has 0 atom stereocenters. The molecule has 0 saturated heterocycles. The summed E-state index contributed by atoms with van der Waals surface area (Å²) in [5.74, 6) is 0.726. The van der Waals surface area contributed by atoms with E-state index in [1.54, 1.807) is 41.5 Å². The van der Waals surface area contributed by atoms with E-state index < -0.39 is 0 Å². The molecular formula is C15H12FN5OS. The van der Waals surface area contributed by atoms with Crippen LogP contribution in [0.1, 0.15) is 0 Å². The largest absolute Gasteiger partial charge is 0.310 e. The highest BCUT2D eigenvalue weighted by atomic mass is 32.2. The van der Waals surface area contributed by atoms with E-state index in [1.165, 1.54) is 30.2 Å². The molecule has 1 N–H and O–H groups in total. The molecule has 2 aromatic heterocycles. The molecule has 0 radical (unpaired) electrons. The van der Waals surface area contributed by atoms with Crippen molar-refractivity contribution in [2.45, 2.75) is 4.90 Å². The lowest BCUT2D eigenvalue weighted by Gasteiger charge is -2.06. The molecule has 0 aliphatic heterocycles. The Morgan fingerprint density at radius 3 is 2.83 bits per heavy atom. The van der Waals surface area contributed by atoms with E-state index in [0.29, 0.717) is 11.6 Å². The van der Waals surface area contributed by atoms with Crippen LogP contribution in [0, 0.1) is 5.82 Å². The van der Waals surface area contributed by atoms with Crippen molar-refractivity contribution in [2.24, 2.45) is 0 Å². The SMILES string of the molecule is O=C(CSc1ccc(F)cc1)Nc1cc(-n2ccnc2)ncn1. The highest BCUT2D eigenvalue weighted by Gasteiger charge is 2.06. The summed E-state index contributed by atoms with van der Waals surface area (Å²) in [6, 6.07) is 7.65. The van der Waals surface area contributed by atoms with Crippen molar-refractivity contribution in [3.63, 3.8) is 0 Å². The fraction of sp³-hybridized carbons (Fsp3) is 0.0667. The Labute approximate surface area is 135 Å². The van der Waals surface area contributed by atoms with Gasteiger partial charge in [-0.1, -0.05) is 0 Å². The van der Waals surface area contributed by atoms with Crippen molar-refractivity contribution < 1.29 is 9.18 Å². The zero-order valence-electron chi connectivity index (χ0n) is 11.9. The molecule has 0 aliphatic rings. The lowest BCUT2D eigenvalue weighted by molar-refractivity contribution is -0.113. The first-order chi connectivity index (χ1) is 11.2. The minimum Gasteiger partial charge on any atom is -0.310 e. The molecule has 0 bridgehead atoms. The standard InChI is InChI=1S/C15H12FN5OS/c16-11-1-3-12(4-2-11)23-8-15(22)20-13-7-14(19-9-18-13)21-6-5-17-10-21/h1-7,9-10H,8H2,(H,18,19,20,22). The van der Waals surface area contributed by atoms with Crippen molar-refractivity contribution >= 4 is 23.5 Å². The number of nitrogens with one attached hydrogen (secondary N) is 1. The second-order valence-electron chi connectivity index (χ2n) is 4.52. The van der Waals surface area contributed by atoms with E-state index in [2.05, 4.69) is 20.3 Å². The van der Waals surface area contributed by atoms with Gasteiger partial charge in [-0.3, -0.25) is 9.36 Å². The Hall–Kier alpha value is -2.74. The summed E-state index contributed by atoms with van der Waals surface area (Å²) < 4.78 is 14.5. The van der Waals surface area contributed by atoms with Gasteiger partial charge in [-0.25, -0.2) is 19.3 Å². The van der Waals surface area contributed by atoms with E-state index in [9.17, 15) is 9.18 Å². The number of aromatic nitrogens is 4. The number of benzene rings is 1. The zero-order chi connectivity index (χ0) is 16.1. The lowest BCUT2D eigenvalue weighted by Crippen LogP contribution is -2.15. The first-order valence-electron chi connectivity index (χ1n) is 6.69. The molecule has 8 heteroatoms.